The van der Waals surface area contributed by atoms with E-state index in [1.165, 1.54) is 0 Å². The van der Waals surface area contributed by atoms with Crippen molar-refractivity contribution in [3.8, 4) is 0 Å². The smallest absolute Gasteiger partial charge is 0.288 e. The molecule has 1 heterocycles. The predicted octanol–water partition coefficient (Wildman–Crippen LogP) is 3.99. The zero-order valence-electron chi connectivity index (χ0n) is 11.1. The summed E-state index contributed by atoms with van der Waals surface area (Å²) in [6, 6.07) is 8.49. The van der Waals surface area contributed by atoms with Crippen molar-refractivity contribution in [3.05, 3.63) is 36.2 Å². The average molecular weight is 308 g/mol. The first-order chi connectivity index (χ1) is 10.1. The molecule has 21 heavy (non-hydrogen) atoms. The zero-order valence-corrected chi connectivity index (χ0v) is 11.9. The van der Waals surface area contributed by atoms with Crippen LogP contribution in [-0.2, 0) is 0 Å². The molecule has 1 aromatic heterocycles. The maximum Gasteiger partial charge on any atom is 0.288 e. The fourth-order valence-corrected chi connectivity index (χ4v) is 2.58. The molecule has 110 valence electrons. The Kier molecular flexibility index (Phi) is 3.92. The molecule has 0 radical (unpaired) electrons. The van der Waals surface area contributed by atoms with E-state index in [1.807, 2.05) is 0 Å². The topological polar surface area (TPSA) is 63.8 Å². The van der Waals surface area contributed by atoms with Crippen LogP contribution in [0.4, 0.5) is 26.1 Å². The lowest BCUT2D eigenvalue weighted by Gasteiger charge is -2.12. The van der Waals surface area contributed by atoms with Crippen LogP contribution in [0.25, 0.3) is 0 Å². The van der Waals surface area contributed by atoms with E-state index >= 15 is 0 Å². The monoisotopic (exact) mass is 308 g/mol. The number of benzene rings is 1. The molecule has 0 aliphatic heterocycles. The van der Waals surface area contributed by atoms with Crippen LogP contribution in [0.1, 0.15) is 24.6 Å². The minimum atomic E-state index is -2.47. The Balaban J connectivity index is 1.86. The lowest BCUT2D eigenvalue weighted by molar-refractivity contribution is 0.252. The third kappa shape index (κ3) is 3.60. The van der Waals surface area contributed by atoms with E-state index in [-0.39, 0.29) is 0 Å². The summed E-state index contributed by atoms with van der Waals surface area (Å²) in [7, 11) is 0. The maximum atomic E-state index is 12.6. The molecule has 0 amide bonds. The highest BCUT2D eigenvalue weighted by Gasteiger charge is 2.27. The largest absolute Gasteiger partial charge is 0.384 e. The number of alkyl halides is 2. The highest BCUT2D eigenvalue weighted by Crippen LogP contribution is 2.39. The minimum absolute atomic E-state index is 0.375. The van der Waals surface area contributed by atoms with Crippen LogP contribution in [0.5, 0.6) is 0 Å². The number of hydrogen-bond acceptors (Lipinski definition) is 5. The van der Waals surface area contributed by atoms with E-state index in [1.54, 1.807) is 30.3 Å². The fraction of sp³-hybridized carbons (Fsp3) is 0.286. The molecule has 1 aromatic carbocycles. The Morgan fingerprint density at radius 2 is 2.00 bits per heavy atom. The van der Waals surface area contributed by atoms with Crippen LogP contribution in [0.15, 0.2) is 35.2 Å². The van der Waals surface area contributed by atoms with Gasteiger partial charge in [0.25, 0.3) is 5.76 Å². The van der Waals surface area contributed by atoms with Gasteiger partial charge in [0.1, 0.15) is 17.5 Å². The zero-order chi connectivity index (χ0) is 14.8. The molecule has 7 heteroatoms. The Morgan fingerprint density at radius 1 is 1.24 bits per heavy atom. The van der Waals surface area contributed by atoms with Crippen LogP contribution >= 0.6 is 11.8 Å². The van der Waals surface area contributed by atoms with Crippen molar-refractivity contribution < 1.29 is 8.78 Å². The average Bonchev–Trinajstić information content (AvgIpc) is 3.24. The number of thioether (sulfide) groups is 1. The molecule has 3 rings (SSSR count). The summed E-state index contributed by atoms with van der Waals surface area (Å²) in [6.07, 6.45) is 2.14. The molecule has 2 aromatic rings. The highest BCUT2D eigenvalue weighted by atomic mass is 32.2. The molecule has 0 atom stereocenters. The Bertz CT molecular complexity index is 647. The van der Waals surface area contributed by atoms with E-state index in [2.05, 4.69) is 15.3 Å². The summed E-state index contributed by atoms with van der Waals surface area (Å²) in [5.74, 6) is -0.457. The number of nitrogens with two attached hydrogens (primary N) is 1. The van der Waals surface area contributed by atoms with Gasteiger partial charge in [-0.1, -0.05) is 23.9 Å². The lowest BCUT2D eigenvalue weighted by Crippen LogP contribution is -2.03. The van der Waals surface area contributed by atoms with Crippen LogP contribution in [0.3, 0.4) is 0 Å². The normalized spacial score (nSPS) is 14.4. The molecule has 1 saturated carbocycles. The summed E-state index contributed by atoms with van der Waals surface area (Å²) >= 11 is 0.501. The van der Waals surface area contributed by atoms with Gasteiger partial charge >= 0.3 is 0 Å². The number of hydrogen-bond donors (Lipinski definition) is 2. The van der Waals surface area contributed by atoms with Gasteiger partial charge in [0.05, 0.1) is 5.69 Å². The molecule has 1 fully saturated rings. The van der Waals surface area contributed by atoms with Gasteiger partial charge in [-0.15, -0.1) is 0 Å². The Morgan fingerprint density at radius 3 is 2.71 bits per heavy atom. The van der Waals surface area contributed by atoms with Gasteiger partial charge in [-0.25, -0.2) is 9.97 Å². The highest BCUT2D eigenvalue weighted by molar-refractivity contribution is 7.99. The molecule has 0 bridgehead atoms. The quantitative estimate of drug-likeness (QED) is 0.818. The summed E-state index contributed by atoms with van der Waals surface area (Å²) in [6.45, 7) is 0. The molecule has 1 aliphatic rings. The van der Waals surface area contributed by atoms with E-state index in [9.17, 15) is 8.78 Å². The van der Waals surface area contributed by atoms with E-state index < -0.39 is 5.76 Å². The second kappa shape index (κ2) is 5.85. The van der Waals surface area contributed by atoms with Crippen LogP contribution in [0.2, 0.25) is 0 Å². The number of nitrogens with zero attached hydrogens (tertiary/aromatic N) is 2. The Hall–Kier alpha value is -1.89. The summed E-state index contributed by atoms with van der Waals surface area (Å²) in [5.41, 5.74) is 6.37. The van der Waals surface area contributed by atoms with Crippen molar-refractivity contribution in [2.75, 3.05) is 11.1 Å². The number of rotatable bonds is 5. The minimum Gasteiger partial charge on any atom is -0.384 e. The molecular weight excluding hydrogens is 294 g/mol. The van der Waals surface area contributed by atoms with Gasteiger partial charge in [0, 0.05) is 16.9 Å². The predicted molar refractivity (Wildman–Crippen MR) is 80.0 cm³/mol. The third-order valence-electron chi connectivity index (χ3n) is 3.07. The van der Waals surface area contributed by atoms with Crippen molar-refractivity contribution in [1.82, 2.24) is 9.97 Å². The number of nitrogens with one attached hydrogen (secondary N) is 1. The van der Waals surface area contributed by atoms with Crippen LogP contribution < -0.4 is 11.1 Å². The molecule has 3 N–H and O–H groups in total. The molecule has 0 spiro atoms. The SMILES string of the molecule is Nc1cc(Nc2ccccc2SC(F)F)nc(C2CC2)n1. The third-order valence-corrected chi connectivity index (χ3v) is 3.86. The van der Waals surface area contributed by atoms with Gasteiger partial charge in [0.15, 0.2) is 0 Å². The van der Waals surface area contributed by atoms with Crippen LogP contribution in [-0.4, -0.2) is 15.7 Å². The summed E-state index contributed by atoms with van der Waals surface area (Å²) in [4.78, 5) is 9.09. The first kappa shape index (κ1) is 14.1. The van der Waals surface area contributed by atoms with Gasteiger partial charge in [-0.2, -0.15) is 8.78 Å². The summed E-state index contributed by atoms with van der Waals surface area (Å²) < 4.78 is 25.1. The first-order valence-electron chi connectivity index (χ1n) is 6.57. The van der Waals surface area contributed by atoms with Crippen molar-refractivity contribution in [3.63, 3.8) is 0 Å². The van der Waals surface area contributed by atoms with Gasteiger partial charge in [-0.05, 0) is 25.0 Å². The first-order valence-corrected chi connectivity index (χ1v) is 7.45. The molecule has 4 nitrogen and oxygen atoms in total. The van der Waals surface area contributed by atoms with Crippen molar-refractivity contribution >= 4 is 29.1 Å². The number of aromatic nitrogens is 2. The second-order valence-electron chi connectivity index (χ2n) is 4.81. The molecule has 1 aliphatic carbocycles. The van der Waals surface area contributed by atoms with Gasteiger partial charge in [0.2, 0.25) is 0 Å². The standard InChI is InChI=1S/C14H14F2N4S/c15-14(16)21-10-4-2-1-3-9(10)18-12-7-11(17)19-13(20-12)8-5-6-8/h1-4,7-8,14H,5-6H2,(H3,17,18,19,20). The number of anilines is 3. The van der Waals surface area contributed by atoms with Crippen molar-refractivity contribution in [2.45, 2.75) is 29.4 Å². The van der Waals surface area contributed by atoms with E-state index in [0.29, 0.717) is 39.9 Å². The lowest BCUT2D eigenvalue weighted by atomic mass is 10.3. The number of para-hydroxylation sites is 1. The van der Waals surface area contributed by atoms with Gasteiger partial charge < -0.3 is 11.1 Å². The fourth-order valence-electron chi connectivity index (χ4n) is 1.98. The van der Waals surface area contributed by atoms with Crippen molar-refractivity contribution in [2.24, 2.45) is 0 Å². The van der Waals surface area contributed by atoms with Crippen LogP contribution in [0, 0.1) is 0 Å². The second-order valence-corrected chi connectivity index (χ2v) is 5.84. The Labute approximate surface area is 125 Å². The van der Waals surface area contributed by atoms with E-state index in [4.69, 9.17) is 5.73 Å². The van der Waals surface area contributed by atoms with Crippen molar-refractivity contribution in [1.29, 1.82) is 0 Å². The molecule has 0 unspecified atom stereocenters. The summed E-state index contributed by atoms with van der Waals surface area (Å²) in [5, 5.41) is 3.06. The van der Waals surface area contributed by atoms with Gasteiger partial charge in [-0.3, -0.25) is 0 Å². The number of halogens is 2. The number of nitrogen functional groups attached to an aromatic ring is 1. The molecular formula is C14H14F2N4S. The molecule has 0 saturated heterocycles. The van der Waals surface area contributed by atoms with E-state index in [0.717, 1.165) is 18.7 Å². The maximum absolute atomic E-state index is 12.6.